The molecule has 0 saturated carbocycles. The van der Waals surface area contributed by atoms with E-state index in [0.717, 1.165) is 13.8 Å². The molecule has 0 saturated heterocycles. The topological polar surface area (TPSA) is 96.0 Å². The Morgan fingerprint density at radius 3 is 1.50 bits per heavy atom. The van der Waals surface area contributed by atoms with Crippen molar-refractivity contribution in [2.24, 2.45) is 0 Å². The summed E-state index contributed by atoms with van der Waals surface area (Å²) < 4.78 is 14.7. The molecule has 0 spiro atoms. The number of Topliss-reactive ketones (excluding diaryl/α,β-unsaturated/α-hetero) is 2. The molecule has 0 N–H and O–H groups in total. The van der Waals surface area contributed by atoms with E-state index in [1.165, 1.54) is 0 Å². The van der Waals surface area contributed by atoms with Crippen LogP contribution in [-0.4, -0.2) is 41.5 Å². The molecule has 0 atom stereocenters. The van der Waals surface area contributed by atoms with Gasteiger partial charge in [0.15, 0.2) is 5.78 Å². The third-order valence-electron chi connectivity index (χ3n) is 1.99. The summed E-state index contributed by atoms with van der Waals surface area (Å²) in [6.45, 7) is 8.32. The molecule has 0 aliphatic carbocycles. The molecule has 0 amide bonds. The SMILES string of the molecule is CC(=O)OC(=O)C(=O)C(OC(C)C)(OC(C)C)C(C)=O. The quantitative estimate of drug-likeness (QED) is 0.295. The second-order valence-electron chi connectivity index (χ2n) is 4.72. The summed E-state index contributed by atoms with van der Waals surface area (Å²) in [6, 6.07) is 0. The summed E-state index contributed by atoms with van der Waals surface area (Å²) in [5, 5.41) is 0. The number of ether oxygens (including phenoxy) is 3. The van der Waals surface area contributed by atoms with Crippen molar-refractivity contribution in [2.75, 3.05) is 0 Å². The van der Waals surface area contributed by atoms with Crippen molar-refractivity contribution in [1.29, 1.82) is 0 Å². The number of carbonyl (C=O) groups is 4. The summed E-state index contributed by atoms with van der Waals surface area (Å²) in [7, 11) is 0. The van der Waals surface area contributed by atoms with E-state index in [1.54, 1.807) is 27.7 Å². The number of hydrogen-bond acceptors (Lipinski definition) is 7. The molecular weight excluding hydrogens is 268 g/mol. The zero-order valence-electron chi connectivity index (χ0n) is 12.5. The Balaban J connectivity index is 5.57. The predicted molar refractivity (Wildman–Crippen MR) is 67.6 cm³/mol. The van der Waals surface area contributed by atoms with Crippen LogP contribution in [0, 0.1) is 0 Å². The minimum Gasteiger partial charge on any atom is -0.387 e. The van der Waals surface area contributed by atoms with Crippen molar-refractivity contribution in [3.63, 3.8) is 0 Å². The van der Waals surface area contributed by atoms with Gasteiger partial charge in [-0.25, -0.2) is 4.79 Å². The second-order valence-corrected chi connectivity index (χ2v) is 4.72. The molecular formula is C13H20O7. The molecule has 0 radical (unpaired) electrons. The largest absolute Gasteiger partial charge is 0.388 e. The molecule has 20 heavy (non-hydrogen) atoms. The van der Waals surface area contributed by atoms with Gasteiger partial charge < -0.3 is 14.2 Å². The molecule has 0 aromatic rings. The first-order valence-corrected chi connectivity index (χ1v) is 6.16. The van der Waals surface area contributed by atoms with Crippen LogP contribution in [0.1, 0.15) is 41.5 Å². The molecule has 0 rings (SSSR count). The molecule has 114 valence electrons. The molecule has 0 unspecified atom stereocenters. The van der Waals surface area contributed by atoms with E-state index in [4.69, 9.17) is 9.47 Å². The lowest BCUT2D eigenvalue weighted by atomic mass is 10.1. The zero-order chi connectivity index (χ0) is 16.1. The van der Waals surface area contributed by atoms with E-state index in [9.17, 15) is 19.2 Å². The van der Waals surface area contributed by atoms with Crippen molar-refractivity contribution in [1.82, 2.24) is 0 Å². The first-order chi connectivity index (χ1) is 9.02. The average Bonchev–Trinajstić information content (AvgIpc) is 2.24. The van der Waals surface area contributed by atoms with E-state index >= 15 is 0 Å². The molecule has 7 nitrogen and oxygen atoms in total. The normalized spacial score (nSPS) is 11.6. The smallest absolute Gasteiger partial charge is 0.387 e. The molecule has 0 aromatic carbocycles. The highest BCUT2D eigenvalue weighted by Crippen LogP contribution is 2.22. The fourth-order valence-electron chi connectivity index (χ4n) is 1.44. The van der Waals surface area contributed by atoms with Crippen LogP contribution in [0.5, 0.6) is 0 Å². The molecule has 0 aliphatic heterocycles. The van der Waals surface area contributed by atoms with Crippen molar-refractivity contribution < 1.29 is 33.4 Å². The van der Waals surface area contributed by atoms with Gasteiger partial charge in [-0.3, -0.25) is 14.4 Å². The van der Waals surface area contributed by atoms with E-state index in [2.05, 4.69) is 4.74 Å². The minimum absolute atomic E-state index is 0.563. The summed E-state index contributed by atoms with van der Waals surface area (Å²) in [6.07, 6.45) is -1.13. The maximum absolute atomic E-state index is 12.1. The van der Waals surface area contributed by atoms with Gasteiger partial charge in [0.05, 0.1) is 12.2 Å². The monoisotopic (exact) mass is 288 g/mol. The first-order valence-electron chi connectivity index (χ1n) is 6.16. The van der Waals surface area contributed by atoms with Crippen LogP contribution in [0.25, 0.3) is 0 Å². The summed E-state index contributed by atoms with van der Waals surface area (Å²) in [4.78, 5) is 46.2. The lowest BCUT2D eigenvalue weighted by Gasteiger charge is -2.32. The van der Waals surface area contributed by atoms with Crippen LogP contribution in [0.15, 0.2) is 0 Å². The van der Waals surface area contributed by atoms with Gasteiger partial charge in [0.1, 0.15) is 0 Å². The highest BCUT2D eigenvalue weighted by Gasteiger charge is 2.52. The van der Waals surface area contributed by atoms with E-state index in [1.807, 2.05) is 0 Å². The van der Waals surface area contributed by atoms with Gasteiger partial charge in [-0.15, -0.1) is 0 Å². The van der Waals surface area contributed by atoms with Gasteiger partial charge in [-0.2, -0.15) is 0 Å². The Hall–Kier alpha value is -1.60. The van der Waals surface area contributed by atoms with Crippen LogP contribution in [0.3, 0.4) is 0 Å². The Bertz CT molecular complexity index is 399. The minimum atomic E-state index is -2.39. The third-order valence-corrected chi connectivity index (χ3v) is 1.99. The zero-order valence-corrected chi connectivity index (χ0v) is 12.5. The van der Waals surface area contributed by atoms with Crippen LogP contribution < -0.4 is 0 Å². The highest BCUT2D eigenvalue weighted by molar-refractivity contribution is 6.42. The predicted octanol–water partition coefficient (Wildman–Crippen LogP) is 0.780. The van der Waals surface area contributed by atoms with Crippen molar-refractivity contribution in [3.05, 3.63) is 0 Å². The Labute approximate surface area is 117 Å². The van der Waals surface area contributed by atoms with Gasteiger partial charge >= 0.3 is 23.5 Å². The number of hydrogen-bond donors (Lipinski definition) is 0. The van der Waals surface area contributed by atoms with Crippen LogP contribution in [0.2, 0.25) is 0 Å². The number of esters is 2. The van der Waals surface area contributed by atoms with Crippen LogP contribution in [-0.2, 0) is 33.4 Å². The summed E-state index contributed by atoms with van der Waals surface area (Å²) in [5.41, 5.74) is 0. The molecule has 0 heterocycles. The maximum Gasteiger partial charge on any atom is 0.388 e. The molecule has 0 aromatic heterocycles. The maximum atomic E-state index is 12.1. The van der Waals surface area contributed by atoms with Crippen molar-refractivity contribution >= 4 is 23.5 Å². The third kappa shape index (κ3) is 4.82. The van der Waals surface area contributed by atoms with Gasteiger partial charge in [-0.1, -0.05) is 0 Å². The lowest BCUT2D eigenvalue weighted by Crippen LogP contribution is -2.56. The van der Waals surface area contributed by atoms with E-state index < -0.39 is 41.5 Å². The molecule has 7 heteroatoms. The average molecular weight is 288 g/mol. The van der Waals surface area contributed by atoms with Gasteiger partial charge in [0.2, 0.25) is 0 Å². The van der Waals surface area contributed by atoms with Crippen LogP contribution >= 0.6 is 0 Å². The number of rotatable bonds is 7. The Kier molecular flexibility index (Phi) is 6.67. The van der Waals surface area contributed by atoms with Gasteiger partial charge in [0, 0.05) is 13.8 Å². The van der Waals surface area contributed by atoms with Gasteiger partial charge in [-0.05, 0) is 27.7 Å². The fourth-order valence-corrected chi connectivity index (χ4v) is 1.44. The fraction of sp³-hybridized carbons (Fsp3) is 0.692. The van der Waals surface area contributed by atoms with E-state index in [0.29, 0.717) is 0 Å². The van der Waals surface area contributed by atoms with Crippen molar-refractivity contribution in [3.8, 4) is 0 Å². The lowest BCUT2D eigenvalue weighted by molar-refractivity contribution is -0.244. The molecule has 0 fully saturated rings. The summed E-state index contributed by atoms with van der Waals surface area (Å²) in [5.74, 6) is -7.01. The molecule has 0 aliphatic rings. The standard InChI is InChI=1S/C13H20O7/c1-7(2)19-13(9(5)14,20-8(3)4)11(16)12(17)18-10(6)15/h7-8H,1-6H3. The Morgan fingerprint density at radius 2 is 1.25 bits per heavy atom. The van der Waals surface area contributed by atoms with Crippen molar-refractivity contribution in [2.45, 2.75) is 59.5 Å². The number of carbonyl (C=O) groups excluding carboxylic acids is 4. The summed E-state index contributed by atoms with van der Waals surface area (Å²) >= 11 is 0. The van der Waals surface area contributed by atoms with Gasteiger partial charge in [0.25, 0.3) is 0 Å². The molecule has 0 bridgehead atoms. The van der Waals surface area contributed by atoms with E-state index in [-0.39, 0.29) is 0 Å². The second kappa shape index (κ2) is 7.25. The first kappa shape index (κ1) is 18.4. The number of ketones is 2. The Morgan fingerprint density at radius 1 is 0.850 bits per heavy atom. The highest BCUT2D eigenvalue weighted by atomic mass is 16.7. The van der Waals surface area contributed by atoms with Crippen LogP contribution in [0.4, 0.5) is 0 Å².